The van der Waals surface area contributed by atoms with Crippen LogP contribution in [0.2, 0.25) is 0 Å². The minimum atomic E-state index is -3.02. The van der Waals surface area contributed by atoms with Crippen LogP contribution in [0, 0.1) is 6.92 Å². The van der Waals surface area contributed by atoms with E-state index in [9.17, 15) is 13.2 Å². The first kappa shape index (κ1) is 17.4. The van der Waals surface area contributed by atoms with Crippen LogP contribution in [-0.4, -0.2) is 57.0 Å². The molecule has 0 saturated carbocycles. The molecule has 22 heavy (non-hydrogen) atoms. The average Bonchev–Trinajstić information content (AvgIpc) is 3.01. The Morgan fingerprint density at radius 2 is 2.23 bits per heavy atom. The van der Waals surface area contributed by atoms with Crippen LogP contribution in [-0.2, 0) is 21.0 Å². The zero-order valence-corrected chi connectivity index (χ0v) is 14.9. The second-order valence-electron chi connectivity index (χ2n) is 5.59. The molecule has 7 heteroatoms. The Labute approximate surface area is 136 Å². The zero-order chi connectivity index (χ0) is 16.3. The Balaban J connectivity index is 2.22. The lowest BCUT2D eigenvalue weighted by molar-refractivity contribution is 0.0629. The average molecular weight is 345 g/mol. The Kier molecular flexibility index (Phi) is 5.63. The number of hydrogen-bond acceptors (Lipinski definition) is 5. The van der Waals surface area contributed by atoms with Gasteiger partial charge in [-0.05, 0) is 31.4 Å². The molecule has 0 N–H and O–H groups in total. The fourth-order valence-electron chi connectivity index (χ4n) is 2.78. The van der Waals surface area contributed by atoms with Gasteiger partial charge in [-0.2, -0.15) is 0 Å². The van der Waals surface area contributed by atoms with Crippen molar-refractivity contribution in [2.24, 2.45) is 0 Å². The highest BCUT2D eigenvalue weighted by molar-refractivity contribution is 7.91. The van der Waals surface area contributed by atoms with Gasteiger partial charge in [-0.25, -0.2) is 8.42 Å². The summed E-state index contributed by atoms with van der Waals surface area (Å²) in [5.41, 5.74) is 1.18. The van der Waals surface area contributed by atoms with E-state index < -0.39 is 9.84 Å². The molecule has 0 spiro atoms. The largest absolute Gasteiger partial charge is 0.383 e. The number of aryl methyl sites for hydroxylation is 2. The summed E-state index contributed by atoms with van der Waals surface area (Å²) in [6.07, 6.45) is 1.41. The molecule has 1 saturated heterocycles. The minimum absolute atomic E-state index is 0.0629. The van der Waals surface area contributed by atoms with E-state index in [0.717, 1.165) is 11.3 Å². The molecule has 124 valence electrons. The van der Waals surface area contributed by atoms with E-state index in [2.05, 4.69) is 6.92 Å². The highest BCUT2D eigenvalue weighted by atomic mass is 32.2. The molecular weight excluding hydrogens is 322 g/mol. The number of ether oxygens (including phenoxy) is 1. The predicted octanol–water partition coefficient (Wildman–Crippen LogP) is 1.89. The number of sulfone groups is 1. The normalized spacial score (nSPS) is 20.2. The molecule has 0 aromatic carbocycles. The van der Waals surface area contributed by atoms with Crippen LogP contribution in [0.1, 0.15) is 33.5 Å². The van der Waals surface area contributed by atoms with Gasteiger partial charge in [0.1, 0.15) is 0 Å². The number of rotatable bonds is 6. The van der Waals surface area contributed by atoms with Crippen LogP contribution in [0.3, 0.4) is 0 Å². The Hall–Kier alpha value is -0.920. The number of carbonyl (C=O) groups is 1. The number of nitrogens with zero attached hydrogens (tertiary/aromatic N) is 1. The maximum absolute atomic E-state index is 12.8. The lowest BCUT2D eigenvalue weighted by atomic mass is 10.1. The molecule has 2 heterocycles. The monoisotopic (exact) mass is 345 g/mol. The van der Waals surface area contributed by atoms with Gasteiger partial charge in [0.25, 0.3) is 5.91 Å². The van der Waals surface area contributed by atoms with Gasteiger partial charge < -0.3 is 9.64 Å². The van der Waals surface area contributed by atoms with Gasteiger partial charge in [0, 0.05) is 24.6 Å². The quantitative estimate of drug-likeness (QED) is 0.790. The van der Waals surface area contributed by atoms with E-state index in [1.54, 1.807) is 12.0 Å². The number of amides is 1. The molecule has 1 amide bonds. The molecule has 5 nitrogen and oxygen atoms in total. The number of hydrogen-bond donors (Lipinski definition) is 0. The van der Waals surface area contributed by atoms with E-state index in [1.165, 1.54) is 16.9 Å². The summed E-state index contributed by atoms with van der Waals surface area (Å²) >= 11 is 1.49. The van der Waals surface area contributed by atoms with Gasteiger partial charge in [0.2, 0.25) is 0 Å². The highest BCUT2D eigenvalue weighted by Gasteiger charge is 2.35. The summed E-state index contributed by atoms with van der Waals surface area (Å²) in [5, 5.41) is 0. The minimum Gasteiger partial charge on any atom is -0.383 e. The molecule has 1 aromatic heterocycles. The summed E-state index contributed by atoms with van der Waals surface area (Å²) in [7, 11) is -1.44. The third kappa shape index (κ3) is 3.88. The molecule has 0 aliphatic carbocycles. The standard InChI is InChI=1S/C15H23NO4S2/c1-4-12-9-14(21-11(12)2)15(17)16(6-7-20-3)13-5-8-22(18,19)10-13/h9,13H,4-8,10H2,1-3H3. The second kappa shape index (κ2) is 7.10. The van der Waals surface area contributed by atoms with Crippen molar-refractivity contribution in [3.8, 4) is 0 Å². The summed E-state index contributed by atoms with van der Waals surface area (Å²) in [5.74, 6) is 0.151. The predicted molar refractivity (Wildman–Crippen MR) is 88.4 cm³/mol. The lowest BCUT2D eigenvalue weighted by Crippen LogP contribution is -2.42. The summed E-state index contributed by atoms with van der Waals surface area (Å²) in [6.45, 7) is 4.91. The zero-order valence-electron chi connectivity index (χ0n) is 13.3. The van der Waals surface area contributed by atoms with Crippen LogP contribution < -0.4 is 0 Å². The van der Waals surface area contributed by atoms with Crippen LogP contribution in [0.15, 0.2) is 6.07 Å². The fraction of sp³-hybridized carbons (Fsp3) is 0.667. The van der Waals surface area contributed by atoms with Crippen molar-refractivity contribution in [1.82, 2.24) is 4.90 Å². The first-order valence-corrected chi connectivity index (χ1v) is 10.1. The first-order chi connectivity index (χ1) is 10.4. The summed E-state index contributed by atoms with van der Waals surface area (Å²) < 4.78 is 28.5. The van der Waals surface area contributed by atoms with Gasteiger partial charge in [0.15, 0.2) is 9.84 Å². The van der Waals surface area contributed by atoms with Gasteiger partial charge in [-0.1, -0.05) is 6.92 Å². The van der Waals surface area contributed by atoms with Gasteiger partial charge in [0.05, 0.1) is 23.0 Å². The molecule has 1 fully saturated rings. The van der Waals surface area contributed by atoms with Crippen LogP contribution in [0.25, 0.3) is 0 Å². The maximum Gasteiger partial charge on any atom is 0.264 e. The summed E-state index contributed by atoms with van der Waals surface area (Å²) in [6, 6.07) is 1.70. The SMILES string of the molecule is CCc1cc(C(=O)N(CCOC)C2CCS(=O)(=O)C2)sc1C. The van der Waals surface area contributed by atoms with Crippen molar-refractivity contribution in [3.05, 3.63) is 21.4 Å². The molecule has 1 atom stereocenters. The van der Waals surface area contributed by atoms with Crippen LogP contribution >= 0.6 is 11.3 Å². The molecular formula is C15H23NO4S2. The molecule has 0 radical (unpaired) electrons. The smallest absolute Gasteiger partial charge is 0.264 e. The van der Waals surface area contributed by atoms with Crippen molar-refractivity contribution < 1.29 is 17.9 Å². The van der Waals surface area contributed by atoms with E-state index in [-0.39, 0.29) is 23.5 Å². The maximum atomic E-state index is 12.8. The second-order valence-corrected chi connectivity index (χ2v) is 9.08. The number of carbonyl (C=O) groups excluding carboxylic acids is 1. The van der Waals surface area contributed by atoms with Crippen molar-refractivity contribution >= 4 is 27.1 Å². The van der Waals surface area contributed by atoms with Crippen molar-refractivity contribution in [1.29, 1.82) is 0 Å². The number of methoxy groups -OCH3 is 1. The topological polar surface area (TPSA) is 63.7 Å². The third-order valence-corrected chi connectivity index (χ3v) is 6.89. The first-order valence-electron chi connectivity index (χ1n) is 7.47. The van der Waals surface area contributed by atoms with Gasteiger partial charge in [-0.15, -0.1) is 11.3 Å². The molecule has 1 aromatic rings. The van der Waals surface area contributed by atoms with Crippen LogP contribution in [0.4, 0.5) is 0 Å². The molecule has 1 aliphatic rings. The molecule has 2 rings (SSSR count). The van der Waals surface area contributed by atoms with Gasteiger partial charge >= 0.3 is 0 Å². The third-order valence-electron chi connectivity index (χ3n) is 4.06. The summed E-state index contributed by atoms with van der Waals surface area (Å²) in [4.78, 5) is 16.3. The van der Waals surface area contributed by atoms with E-state index >= 15 is 0 Å². The Bertz CT molecular complexity index is 636. The molecule has 0 bridgehead atoms. The van der Waals surface area contributed by atoms with Crippen molar-refractivity contribution in [2.45, 2.75) is 32.7 Å². The van der Waals surface area contributed by atoms with Gasteiger partial charge in [-0.3, -0.25) is 4.79 Å². The van der Waals surface area contributed by atoms with Crippen molar-refractivity contribution in [2.75, 3.05) is 31.8 Å². The highest BCUT2D eigenvalue weighted by Crippen LogP contribution is 2.26. The van der Waals surface area contributed by atoms with E-state index in [4.69, 9.17) is 4.74 Å². The Morgan fingerprint density at radius 1 is 1.50 bits per heavy atom. The fourth-order valence-corrected chi connectivity index (χ4v) is 5.58. The van der Waals surface area contributed by atoms with Crippen molar-refractivity contribution in [3.63, 3.8) is 0 Å². The lowest BCUT2D eigenvalue weighted by Gasteiger charge is -2.27. The molecule has 1 unspecified atom stereocenters. The molecule has 1 aliphatic heterocycles. The van der Waals surface area contributed by atoms with Crippen LogP contribution in [0.5, 0.6) is 0 Å². The van der Waals surface area contributed by atoms with E-state index in [0.29, 0.717) is 24.4 Å². The van der Waals surface area contributed by atoms with E-state index in [1.807, 2.05) is 13.0 Å². The number of thiophene rings is 1. The Morgan fingerprint density at radius 3 is 2.73 bits per heavy atom.